The Morgan fingerprint density at radius 3 is 2.84 bits per heavy atom. The maximum atomic E-state index is 12.0. The Hall–Kier alpha value is -1.89. The van der Waals surface area contributed by atoms with Gasteiger partial charge in [0.1, 0.15) is 10.4 Å². The van der Waals surface area contributed by atoms with E-state index in [0.717, 1.165) is 0 Å². The average molecular weight is 279 g/mol. The number of hydrogen-bond donors (Lipinski definition) is 1. The molecule has 1 amide bonds. The molecule has 0 radical (unpaired) electrons. The molecule has 1 aromatic heterocycles. The van der Waals surface area contributed by atoms with Gasteiger partial charge in [0.15, 0.2) is 5.17 Å². The molecule has 1 atom stereocenters. The lowest BCUT2D eigenvalue weighted by molar-refractivity contribution is -0.119. The lowest BCUT2D eigenvalue weighted by Gasteiger charge is -2.20. The standard InChI is InChI=1S/C12H13N3O3S/c1-12(10(17)15-11(13-2)19-12)7-4-5-14-8(6-7)9(16)18-3/h4-6H,1-3H3,(H,13,15,17). The van der Waals surface area contributed by atoms with Crippen LogP contribution < -0.4 is 5.32 Å². The lowest BCUT2D eigenvalue weighted by Crippen LogP contribution is -2.25. The number of amidine groups is 1. The summed E-state index contributed by atoms with van der Waals surface area (Å²) in [5.41, 5.74) is 0.847. The largest absolute Gasteiger partial charge is 0.464 e. The van der Waals surface area contributed by atoms with Gasteiger partial charge in [0.2, 0.25) is 0 Å². The summed E-state index contributed by atoms with van der Waals surface area (Å²) in [6, 6.07) is 3.26. The van der Waals surface area contributed by atoms with Gasteiger partial charge in [-0.25, -0.2) is 9.78 Å². The lowest BCUT2D eigenvalue weighted by atomic mass is 10.00. The van der Waals surface area contributed by atoms with Gasteiger partial charge < -0.3 is 10.1 Å². The first kappa shape index (κ1) is 13.5. The van der Waals surface area contributed by atoms with Crippen LogP contribution >= 0.6 is 11.8 Å². The molecule has 7 heteroatoms. The van der Waals surface area contributed by atoms with E-state index in [4.69, 9.17) is 0 Å². The van der Waals surface area contributed by atoms with Crippen molar-refractivity contribution in [1.29, 1.82) is 0 Å². The summed E-state index contributed by atoms with van der Waals surface area (Å²) in [7, 11) is 2.99. The minimum atomic E-state index is -0.843. The van der Waals surface area contributed by atoms with Crippen molar-refractivity contribution in [3.8, 4) is 0 Å². The molecule has 1 N–H and O–H groups in total. The Balaban J connectivity index is 2.38. The molecule has 2 rings (SSSR count). The van der Waals surface area contributed by atoms with Gasteiger partial charge in [-0.1, -0.05) is 11.8 Å². The Bertz CT molecular complexity index is 573. The summed E-state index contributed by atoms with van der Waals surface area (Å²) in [6.07, 6.45) is 1.48. The average Bonchev–Trinajstić information content (AvgIpc) is 2.74. The van der Waals surface area contributed by atoms with Crippen molar-refractivity contribution >= 4 is 28.8 Å². The maximum Gasteiger partial charge on any atom is 0.356 e. The summed E-state index contributed by atoms with van der Waals surface area (Å²) in [4.78, 5) is 31.4. The number of carbonyl (C=O) groups is 2. The van der Waals surface area contributed by atoms with Crippen molar-refractivity contribution in [2.45, 2.75) is 11.7 Å². The van der Waals surface area contributed by atoms with Gasteiger partial charge >= 0.3 is 5.97 Å². The molecule has 1 aliphatic heterocycles. The summed E-state index contributed by atoms with van der Waals surface area (Å²) in [6.45, 7) is 1.77. The van der Waals surface area contributed by atoms with Gasteiger partial charge in [-0.2, -0.15) is 4.99 Å². The van der Waals surface area contributed by atoms with Crippen LogP contribution in [0, 0.1) is 0 Å². The van der Waals surface area contributed by atoms with E-state index in [2.05, 4.69) is 20.0 Å². The first-order valence-corrected chi connectivity index (χ1v) is 6.37. The molecule has 0 fully saturated rings. The monoisotopic (exact) mass is 279 g/mol. The first-order valence-electron chi connectivity index (χ1n) is 5.56. The van der Waals surface area contributed by atoms with Crippen LogP contribution in [0.2, 0.25) is 0 Å². The molecular weight excluding hydrogens is 266 g/mol. The zero-order valence-electron chi connectivity index (χ0n) is 10.8. The molecule has 1 unspecified atom stereocenters. The van der Waals surface area contributed by atoms with Crippen LogP contribution in [0.3, 0.4) is 0 Å². The van der Waals surface area contributed by atoms with Crippen molar-refractivity contribution in [2.24, 2.45) is 4.99 Å². The van der Waals surface area contributed by atoms with E-state index in [9.17, 15) is 9.59 Å². The SMILES string of the molecule is CNC1=NC(=O)C(C)(c2ccnc(C(=O)OC)c2)S1. The quantitative estimate of drug-likeness (QED) is 0.811. The first-order chi connectivity index (χ1) is 9.01. The number of thioether (sulfide) groups is 1. The van der Waals surface area contributed by atoms with E-state index in [1.807, 2.05) is 0 Å². The van der Waals surface area contributed by atoms with E-state index in [0.29, 0.717) is 10.7 Å². The summed E-state index contributed by atoms with van der Waals surface area (Å²) < 4.78 is 3.78. The van der Waals surface area contributed by atoms with E-state index in [1.54, 1.807) is 26.1 Å². The van der Waals surface area contributed by atoms with Gasteiger partial charge in [-0.3, -0.25) is 4.79 Å². The molecule has 6 nitrogen and oxygen atoms in total. The molecule has 0 saturated heterocycles. The number of nitrogens with zero attached hydrogens (tertiary/aromatic N) is 2. The van der Waals surface area contributed by atoms with Crippen molar-refractivity contribution in [3.05, 3.63) is 29.6 Å². The van der Waals surface area contributed by atoms with Crippen LogP contribution in [0.5, 0.6) is 0 Å². The molecule has 100 valence electrons. The normalized spacial score (nSPS) is 22.1. The van der Waals surface area contributed by atoms with E-state index >= 15 is 0 Å². The van der Waals surface area contributed by atoms with Crippen LogP contribution in [0.1, 0.15) is 23.0 Å². The highest BCUT2D eigenvalue weighted by molar-refractivity contribution is 8.15. The summed E-state index contributed by atoms with van der Waals surface area (Å²) in [5.74, 6) is -0.792. The third-order valence-corrected chi connectivity index (χ3v) is 4.14. The van der Waals surface area contributed by atoms with Crippen LogP contribution in [0.4, 0.5) is 0 Å². The molecule has 0 saturated carbocycles. The van der Waals surface area contributed by atoms with Crippen molar-refractivity contribution in [3.63, 3.8) is 0 Å². The van der Waals surface area contributed by atoms with E-state index in [-0.39, 0.29) is 11.6 Å². The highest BCUT2D eigenvalue weighted by Gasteiger charge is 2.42. The highest BCUT2D eigenvalue weighted by Crippen LogP contribution is 2.42. The van der Waals surface area contributed by atoms with Crippen LogP contribution in [-0.4, -0.2) is 36.2 Å². The van der Waals surface area contributed by atoms with Crippen molar-refractivity contribution in [1.82, 2.24) is 10.3 Å². The van der Waals surface area contributed by atoms with Gasteiger partial charge in [0.25, 0.3) is 5.91 Å². The zero-order chi connectivity index (χ0) is 14.0. The van der Waals surface area contributed by atoms with E-state index in [1.165, 1.54) is 25.1 Å². The Morgan fingerprint density at radius 1 is 1.53 bits per heavy atom. The summed E-state index contributed by atoms with van der Waals surface area (Å²) in [5, 5.41) is 3.41. The van der Waals surface area contributed by atoms with Crippen molar-refractivity contribution < 1.29 is 14.3 Å². The zero-order valence-corrected chi connectivity index (χ0v) is 11.6. The Labute approximate surface area is 114 Å². The van der Waals surface area contributed by atoms with Gasteiger partial charge in [-0.05, 0) is 24.6 Å². The number of aliphatic imine (C=N–C) groups is 1. The van der Waals surface area contributed by atoms with Gasteiger partial charge in [-0.15, -0.1) is 0 Å². The van der Waals surface area contributed by atoms with E-state index < -0.39 is 10.7 Å². The van der Waals surface area contributed by atoms with Crippen LogP contribution in [0.15, 0.2) is 23.3 Å². The number of amides is 1. The fourth-order valence-electron chi connectivity index (χ4n) is 1.69. The Kier molecular flexibility index (Phi) is 3.57. The van der Waals surface area contributed by atoms with Crippen LogP contribution in [-0.2, 0) is 14.3 Å². The molecular formula is C12H13N3O3S. The number of ether oxygens (including phenoxy) is 1. The number of rotatable bonds is 2. The predicted molar refractivity (Wildman–Crippen MR) is 72.0 cm³/mol. The number of methoxy groups -OCH3 is 1. The number of hydrogen-bond acceptors (Lipinski definition) is 6. The third kappa shape index (κ3) is 2.33. The fraction of sp³-hybridized carbons (Fsp3) is 0.333. The highest BCUT2D eigenvalue weighted by atomic mass is 32.2. The minimum absolute atomic E-state index is 0.174. The molecule has 0 aliphatic carbocycles. The Morgan fingerprint density at radius 2 is 2.26 bits per heavy atom. The van der Waals surface area contributed by atoms with Crippen molar-refractivity contribution in [2.75, 3.05) is 14.2 Å². The maximum absolute atomic E-state index is 12.0. The second-order valence-corrected chi connectivity index (χ2v) is 5.44. The smallest absolute Gasteiger partial charge is 0.356 e. The second-order valence-electron chi connectivity index (χ2n) is 4.03. The fourth-order valence-corrected chi connectivity index (χ4v) is 2.69. The third-order valence-electron chi connectivity index (χ3n) is 2.83. The molecule has 1 aliphatic rings. The molecule has 1 aromatic rings. The summed E-state index contributed by atoms with van der Waals surface area (Å²) >= 11 is 1.31. The molecule has 0 aromatic carbocycles. The molecule has 0 spiro atoms. The molecule has 19 heavy (non-hydrogen) atoms. The van der Waals surface area contributed by atoms with Gasteiger partial charge in [0.05, 0.1) is 7.11 Å². The predicted octanol–water partition coefficient (Wildman–Crippen LogP) is 0.932. The van der Waals surface area contributed by atoms with Gasteiger partial charge in [0, 0.05) is 13.2 Å². The molecule has 0 bridgehead atoms. The number of esters is 1. The number of nitrogens with one attached hydrogen (secondary N) is 1. The number of pyridine rings is 1. The number of aromatic nitrogens is 1. The van der Waals surface area contributed by atoms with Crippen LogP contribution in [0.25, 0.3) is 0 Å². The topological polar surface area (TPSA) is 80.7 Å². The minimum Gasteiger partial charge on any atom is -0.464 e. The molecule has 2 heterocycles. The second kappa shape index (κ2) is 5.00. The number of carbonyl (C=O) groups excluding carboxylic acids is 2.